The van der Waals surface area contributed by atoms with Crippen molar-refractivity contribution in [2.45, 2.75) is 19.8 Å². The molecule has 0 saturated heterocycles. The van der Waals surface area contributed by atoms with Crippen molar-refractivity contribution < 1.29 is 5.11 Å². The highest BCUT2D eigenvalue weighted by molar-refractivity contribution is 6.00. The van der Waals surface area contributed by atoms with Crippen molar-refractivity contribution in [1.82, 2.24) is 4.98 Å². The van der Waals surface area contributed by atoms with E-state index >= 15 is 0 Å². The summed E-state index contributed by atoms with van der Waals surface area (Å²) in [6, 6.07) is 1.73. The second-order valence-electron chi connectivity index (χ2n) is 3.87. The fraction of sp³-hybridized carbons (Fsp3) is 0.500. The zero-order chi connectivity index (χ0) is 12.7. The van der Waals surface area contributed by atoms with E-state index in [4.69, 9.17) is 16.2 Å². The highest BCUT2D eigenvalue weighted by Crippen LogP contribution is 2.18. The van der Waals surface area contributed by atoms with E-state index in [1.54, 1.807) is 18.5 Å². The summed E-state index contributed by atoms with van der Waals surface area (Å²) >= 11 is 0. The van der Waals surface area contributed by atoms with Gasteiger partial charge in [-0.1, -0.05) is 13.3 Å². The molecule has 1 aromatic heterocycles. The number of pyridine rings is 1. The monoisotopic (exact) mass is 236 g/mol. The number of aliphatic hydroxyl groups excluding tert-OH is 1. The van der Waals surface area contributed by atoms with Gasteiger partial charge in [-0.25, -0.2) is 0 Å². The van der Waals surface area contributed by atoms with E-state index < -0.39 is 0 Å². The Balaban J connectivity index is 2.95. The lowest BCUT2D eigenvalue weighted by Gasteiger charge is -2.25. The fourth-order valence-corrected chi connectivity index (χ4v) is 1.69. The van der Waals surface area contributed by atoms with Gasteiger partial charge in [0.2, 0.25) is 0 Å². The Morgan fingerprint density at radius 3 is 2.88 bits per heavy atom. The van der Waals surface area contributed by atoms with Gasteiger partial charge in [0.15, 0.2) is 0 Å². The van der Waals surface area contributed by atoms with Crippen LogP contribution >= 0.6 is 0 Å². The van der Waals surface area contributed by atoms with Crippen LogP contribution in [0.4, 0.5) is 5.69 Å². The normalized spacial score (nSPS) is 10.2. The van der Waals surface area contributed by atoms with Crippen LogP contribution in [0.1, 0.15) is 25.3 Å². The molecule has 0 fully saturated rings. The minimum Gasteiger partial charge on any atom is -0.395 e. The maximum Gasteiger partial charge on any atom is 0.125 e. The minimum absolute atomic E-state index is 0.0295. The molecule has 0 radical (unpaired) electrons. The lowest BCUT2D eigenvalue weighted by Crippen LogP contribution is -2.30. The molecule has 5 nitrogen and oxygen atoms in total. The fourth-order valence-electron chi connectivity index (χ4n) is 1.69. The maximum absolute atomic E-state index is 9.08. The molecule has 0 aromatic carbocycles. The molecule has 0 atom stereocenters. The van der Waals surface area contributed by atoms with Gasteiger partial charge in [-0.05, 0) is 12.5 Å². The van der Waals surface area contributed by atoms with Crippen LogP contribution in [-0.4, -0.2) is 35.6 Å². The molecule has 0 bridgehead atoms. The third-order valence-corrected chi connectivity index (χ3v) is 2.58. The summed E-state index contributed by atoms with van der Waals surface area (Å²) in [5.74, 6) is 0.0295. The molecule has 1 aromatic rings. The largest absolute Gasteiger partial charge is 0.395 e. The van der Waals surface area contributed by atoms with Gasteiger partial charge in [0.1, 0.15) is 5.84 Å². The second-order valence-corrected chi connectivity index (χ2v) is 3.87. The smallest absolute Gasteiger partial charge is 0.125 e. The molecule has 1 rings (SSSR count). The van der Waals surface area contributed by atoms with Crippen LogP contribution < -0.4 is 10.6 Å². The molecule has 5 heteroatoms. The Kier molecular flexibility index (Phi) is 5.42. The first-order valence-electron chi connectivity index (χ1n) is 5.85. The Morgan fingerprint density at radius 2 is 2.29 bits per heavy atom. The predicted molar refractivity (Wildman–Crippen MR) is 69.5 cm³/mol. The standard InChI is InChI=1S/C12H20N4O/c1-2-3-6-16(7-8-17)11-9-15-5-4-10(11)12(13)14/h4-5,9,17H,2-3,6-8H2,1H3,(H3,13,14). The van der Waals surface area contributed by atoms with E-state index in [1.165, 1.54) is 0 Å². The van der Waals surface area contributed by atoms with E-state index in [0.29, 0.717) is 12.1 Å². The third kappa shape index (κ3) is 3.71. The summed E-state index contributed by atoms with van der Waals surface area (Å²) < 4.78 is 0. The summed E-state index contributed by atoms with van der Waals surface area (Å²) in [6.45, 7) is 3.57. The van der Waals surface area contributed by atoms with Crippen LogP contribution in [0.5, 0.6) is 0 Å². The van der Waals surface area contributed by atoms with Crippen molar-refractivity contribution in [2.24, 2.45) is 5.73 Å². The molecular formula is C12H20N4O. The number of nitrogens with one attached hydrogen (secondary N) is 1. The van der Waals surface area contributed by atoms with E-state index in [2.05, 4.69) is 11.9 Å². The number of hydrogen-bond acceptors (Lipinski definition) is 4. The summed E-state index contributed by atoms with van der Waals surface area (Å²) in [5.41, 5.74) is 7.04. The molecule has 4 N–H and O–H groups in total. The number of nitrogens with two attached hydrogens (primary N) is 1. The summed E-state index contributed by atoms with van der Waals surface area (Å²) in [4.78, 5) is 6.08. The first-order chi connectivity index (χ1) is 8.20. The van der Waals surface area contributed by atoms with Crippen LogP contribution in [-0.2, 0) is 0 Å². The molecule has 0 spiro atoms. The molecule has 94 valence electrons. The van der Waals surface area contributed by atoms with Gasteiger partial charge >= 0.3 is 0 Å². The van der Waals surface area contributed by atoms with Gasteiger partial charge in [0.25, 0.3) is 0 Å². The van der Waals surface area contributed by atoms with Crippen LogP contribution in [0.15, 0.2) is 18.5 Å². The van der Waals surface area contributed by atoms with Crippen molar-refractivity contribution in [3.8, 4) is 0 Å². The number of unbranched alkanes of at least 4 members (excludes halogenated alkanes) is 1. The van der Waals surface area contributed by atoms with Gasteiger partial charge in [0.05, 0.1) is 18.5 Å². The van der Waals surface area contributed by atoms with Crippen molar-refractivity contribution in [2.75, 3.05) is 24.6 Å². The molecule has 0 aliphatic rings. The van der Waals surface area contributed by atoms with Crippen LogP contribution in [0.2, 0.25) is 0 Å². The summed E-state index contributed by atoms with van der Waals surface area (Å²) in [5, 5.41) is 16.6. The van der Waals surface area contributed by atoms with E-state index in [1.807, 2.05) is 4.90 Å². The molecule has 0 aliphatic heterocycles. The van der Waals surface area contributed by atoms with Gasteiger partial charge in [0, 0.05) is 24.8 Å². The molecule has 0 unspecified atom stereocenters. The number of hydrogen-bond donors (Lipinski definition) is 3. The Labute approximate surface area is 102 Å². The highest BCUT2D eigenvalue weighted by Gasteiger charge is 2.12. The molecule has 17 heavy (non-hydrogen) atoms. The molecule has 0 amide bonds. The lowest BCUT2D eigenvalue weighted by atomic mass is 10.2. The number of nitrogens with zero attached hydrogens (tertiary/aromatic N) is 2. The van der Waals surface area contributed by atoms with Crippen LogP contribution in [0, 0.1) is 5.41 Å². The van der Waals surface area contributed by atoms with E-state index in [-0.39, 0.29) is 12.4 Å². The first-order valence-corrected chi connectivity index (χ1v) is 5.85. The van der Waals surface area contributed by atoms with Crippen molar-refractivity contribution in [3.63, 3.8) is 0 Å². The van der Waals surface area contributed by atoms with Gasteiger partial charge in [-0.2, -0.15) is 0 Å². The molecular weight excluding hydrogens is 216 g/mol. The van der Waals surface area contributed by atoms with Gasteiger partial charge in [-0.15, -0.1) is 0 Å². The maximum atomic E-state index is 9.08. The first kappa shape index (κ1) is 13.4. The average Bonchev–Trinajstić information content (AvgIpc) is 2.34. The van der Waals surface area contributed by atoms with Crippen molar-refractivity contribution >= 4 is 11.5 Å². The number of aromatic nitrogens is 1. The predicted octanol–water partition coefficient (Wildman–Crippen LogP) is 0.964. The van der Waals surface area contributed by atoms with Crippen molar-refractivity contribution in [3.05, 3.63) is 24.0 Å². The van der Waals surface area contributed by atoms with Gasteiger partial charge < -0.3 is 15.7 Å². The third-order valence-electron chi connectivity index (χ3n) is 2.58. The number of aliphatic hydroxyl groups is 1. The molecule has 1 heterocycles. The number of amidine groups is 1. The molecule has 0 saturated carbocycles. The minimum atomic E-state index is 0.0295. The quantitative estimate of drug-likeness (QED) is 0.486. The van der Waals surface area contributed by atoms with E-state index in [0.717, 1.165) is 25.1 Å². The van der Waals surface area contributed by atoms with E-state index in [9.17, 15) is 0 Å². The Bertz CT molecular complexity index is 367. The molecule has 0 aliphatic carbocycles. The SMILES string of the molecule is CCCCN(CCO)c1cnccc1C(=N)N. The highest BCUT2D eigenvalue weighted by atomic mass is 16.3. The second kappa shape index (κ2) is 6.85. The Morgan fingerprint density at radius 1 is 1.53 bits per heavy atom. The average molecular weight is 236 g/mol. The number of rotatable bonds is 7. The Hall–Kier alpha value is -1.62. The van der Waals surface area contributed by atoms with Crippen LogP contribution in [0.3, 0.4) is 0 Å². The number of nitrogen functional groups attached to an aromatic ring is 1. The zero-order valence-electron chi connectivity index (χ0n) is 10.2. The summed E-state index contributed by atoms with van der Waals surface area (Å²) in [7, 11) is 0. The number of anilines is 1. The van der Waals surface area contributed by atoms with Crippen molar-refractivity contribution in [1.29, 1.82) is 5.41 Å². The zero-order valence-corrected chi connectivity index (χ0v) is 10.2. The topological polar surface area (TPSA) is 86.2 Å². The van der Waals surface area contributed by atoms with Crippen LogP contribution in [0.25, 0.3) is 0 Å². The lowest BCUT2D eigenvalue weighted by molar-refractivity contribution is 0.301. The summed E-state index contributed by atoms with van der Waals surface area (Å²) in [6.07, 6.45) is 5.43. The van der Waals surface area contributed by atoms with Gasteiger partial charge in [-0.3, -0.25) is 10.4 Å².